The van der Waals surface area contributed by atoms with Crippen LogP contribution in [0.3, 0.4) is 0 Å². The van der Waals surface area contributed by atoms with Crippen LogP contribution in [-0.4, -0.2) is 42.8 Å². The van der Waals surface area contributed by atoms with E-state index in [9.17, 15) is 8.42 Å². The van der Waals surface area contributed by atoms with E-state index in [1.165, 1.54) is 4.31 Å². The molecule has 1 aliphatic heterocycles. The Morgan fingerprint density at radius 3 is 2.48 bits per heavy atom. The highest BCUT2D eigenvalue weighted by Gasteiger charge is 2.46. The molecule has 1 aromatic carbocycles. The number of hydrogen-bond acceptors (Lipinski definition) is 3. The summed E-state index contributed by atoms with van der Waals surface area (Å²) < 4.78 is 26.9. The third-order valence-corrected chi connectivity index (χ3v) is 6.74. The number of hydrogen-bond donors (Lipinski definition) is 0. The number of rotatable bonds is 3. The first-order chi connectivity index (χ1) is 9.84. The van der Waals surface area contributed by atoms with Crippen molar-refractivity contribution in [2.45, 2.75) is 30.2 Å². The number of nitrogens with zero attached hydrogens (tertiary/aromatic N) is 2. The minimum Gasteiger partial charge on any atom is -0.367 e. The highest BCUT2D eigenvalue weighted by Crippen LogP contribution is 2.44. The minimum absolute atomic E-state index is 0.172. The van der Waals surface area contributed by atoms with E-state index < -0.39 is 10.0 Å². The molecule has 3 rings (SSSR count). The molecule has 0 unspecified atom stereocenters. The maximum Gasteiger partial charge on any atom is 0.244 e. The first-order valence-corrected chi connectivity index (χ1v) is 8.86. The molecule has 0 spiro atoms. The second-order valence-corrected chi connectivity index (χ2v) is 8.30. The molecule has 0 radical (unpaired) electrons. The molecule has 1 aromatic rings. The van der Waals surface area contributed by atoms with Gasteiger partial charge in [0.1, 0.15) is 4.90 Å². The van der Waals surface area contributed by atoms with Crippen molar-refractivity contribution in [3.63, 3.8) is 0 Å². The summed E-state index contributed by atoms with van der Waals surface area (Å²) in [7, 11) is -3.56. The topological polar surface area (TPSA) is 40.6 Å². The van der Waals surface area contributed by atoms with Crippen molar-refractivity contribution in [3.05, 3.63) is 41.6 Å². The molecule has 0 aromatic heterocycles. The summed E-state index contributed by atoms with van der Waals surface area (Å²) in [5.74, 6) is 0. The molecule has 1 saturated carbocycles. The van der Waals surface area contributed by atoms with Crippen molar-refractivity contribution in [2.24, 2.45) is 0 Å². The van der Waals surface area contributed by atoms with E-state index in [0.717, 1.165) is 18.5 Å². The number of halogens is 1. The average Bonchev–Trinajstić information content (AvgIpc) is 3.17. The first kappa shape index (κ1) is 14.9. The molecule has 1 heterocycles. The second kappa shape index (κ2) is 5.00. The van der Waals surface area contributed by atoms with Crippen LogP contribution in [0.1, 0.15) is 19.8 Å². The Morgan fingerprint density at radius 1 is 1.24 bits per heavy atom. The summed E-state index contributed by atoms with van der Waals surface area (Å²) in [5, 5.41) is 0.264. The first-order valence-electron chi connectivity index (χ1n) is 7.05. The summed E-state index contributed by atoms with van der Waals surface area (Å²) in [6.07, 6.45) is 2.31. The Morgan fingerprint density at radius 2 is 1.90 bits per heavy atom. The van der Waals surface area contributed by atoms with Gasteiger partial charge in [-0.15, -0.1) is 0 Å². The van der Waals surface area contributed by atoms with Crippen LogP contribution < -0.4 is 0 Å². The van der Waals surface area contributed by atoms with Crippen LogP contribution >= 0.6 is 11.6 Å². The van der Waals surface area contributed by atoms with Gasteiger partial charge >= 0.3 is 0 Å². The number of benzene rings is 1. The van der Waals surface area contributed by atoms with Crippen molar-refractivity contribution < 1.29 is 8.42 Å². The van der Waals surface area contributed by atoms with Crippen molar-refractivity contribution >= 4 is 21.6 Å². The summed E-state index contributed by atoms with van der Waals surface area (Å²) in [6.45, 7) is 7.78. The van der Waals surface area contributed by atoms with Crippen LogP contribution in [0.2, 0.25) is 5.02 Å². The van der Waals surface area contributed by atoms with Crippen LogP contribution in [0.5, 0.6) is 0 Å². The summed E-state index contributed by atoms with van der Waals surface area (Å²) in [6, 6.07) is 6.57. The van der Waals surface area contributed by atoms with E-state index in [0.29, 0.717) is 19.6 Å². The third kappa shape index (κ3) is 2.58. The average molecular weight is 327 g/mol. The van der Waals surface area contributed by atoms with E-state index in [4.69, 9.17) is 11.6 Å². The zero-order chi connectivity index (χ0) is 15.3. The molecule has 1 aliphatic carbocycles. The smallest absolute Gasteiger partial charge is 0.244 e. The molecule has 2 fully saturated rings. The van der Waals surface area contributed by atoms with Gasteiger partial charge in [-0.1, -0.05) is 30.3 Å². The van der Waals surface area contributed by atoms with Gasteiger partial charge in [0.2, 0.25) is 10.0 Å². The van der Waals surface area contributed by atoms with Crippen molar-refractivity contribution in [1.29, 1.82) is 0 Å². The maximum absolute atomic E-state index is 12.7. The van der Waals surface area contributed by atoms with E-state index in [2.05, 4.69) is 18.4 Å². The standard InChI is InChI=1S/C15H19ClN2O2S/c1-12-11-17(9-10-18(12)15(2)7-8-15)21(19,20)14-6-4-3-5-13(14)16/h3-6H,1,7-11H2,2H3. The highest BCUT2D eigenvalue weighted by molar-refractivity contribution is 7.89. The summed E-state index contributed by atoms with van der Waals surface area (Å²) >= 11 is 6.04. The van der Waals surface area contributed by atoms with Gasteiger partial charge in [-0.3, -0.25) is 0 Å². The fourth-order valence-corrected chi connectivity index (χ4v) is 4.75. The number of piperazine rings is 1. The van der Waals surface area contributed by atoms with E-state index in [1.807, 2.05) is 0 Å². The molecular formula is C15H19ClN2O2S. The predicted molar refractivity (Wildman–Crippen MR) is 83.7 cm³/mol. The lowest BCUT2D eigenvalue weighted by molar-refractivity contribution is 0.183. The normalized spacial score (nSPS) is 22.4. The Kier molecular flexibility index (Phi) is 3.55. The molecule has 4 nitrogen and oxygen atoms in total. The third-order valence-electron chi connectivity index (χ3n) is 4.39. The van der Waals surface area contributed by atoms with Crippen molar-refractivity contribution in [2.75, 3.05) is 19.6 Å². The Bertz CT molecular complexity index is 683. The Balaban J connectivity index is 1.83. The van der Waals surface area contributed by atoms with Gasteiger partial charge in [-0.2, -0.15) is 4.31 Å². The van der Waals surface area contributed by atoms with Gasteiger partial charge in [0, 0.05) is 24.3 Å². The molecule has 1 saturated heterocycles. The van der Waals surface area contributed by atoms with Crippen LogP contribution in [0.15, 0.2) is 41.4 Å². The largest absolute Gasteiger partial charge is 0.367 e. The zero-order valence-electron chi connectivity index (χ0n) is 12.0. The minimum atomic E-state index is -3.56. The quantitative estimate of drug-likeness (QED) is 0.857. The fraction of sp³-hybridized carbons (Fsp3) is 0.467. The van der Waals surface area contributed by atoms with E-state index in [1.54, 1.807) is 24.3 Å². The molecule has 0 bridgehead atoms. The van der Waals surface area contributed by atoms with Gasteiger partial charge in [-0.05, 0) is 31.9 Å². The van der Waals surface area contributed by atoms with Gasteiger partial charge in [-0.25, -0.2) is 8.42 Å². The lowest BCUT2D eigenvalue weighted by Crippen LogP contribution is -2.50. The molecule has 0 atom stereocenters. The van der Waals surface area contributed by atoms with Crippen LogP contribution in [0, 0.1) is 0 Å². The lowest BCUT2D eigenvalue weighted by atomic mass is 10.2. The molecule has 0 amide bonds. The van der Waals surface area contributed by atoms with E-state index in [-0.39, 0.29) is 15.5 Å². The zero-order valence-corrected chi connectivity index (χ0v) is 13.6. The number of sulfonamides is 1. The molecule has 2 aliphatic rings. The lowest BCUT2D eigenvalue weighted by Gasteiger charge is -2.41. The van der Waals surface area contributed by atoms with Crippen LogP contribution in [0.25, 0.3) is 0 Å². The second-order valence-electron chi connectivity index (χ2n) is 5.98. The monoisotopic (exact) mass is 326 g/mol. The SMILES string of the molecule is C=C1CN(S(=O)(=O)c2ccccc2Cl)CCN1C1(C)CC1. The molecule has 0 N–H and O–H groups in total. The van der Waals surface area contributed by atoms with Gasteiger partial charge < -0.3 is 4.90 Å². The van der Waals surface area contributed by atoms with Crippen molar-refractivity contribution in [1.82, 2.24) is 9.21 Å². The molecule has 6 heteroatoms. The van der Waals surface area contributed by atoms with Gasteiger partial charge in [0.15, 0.2) is 0 Å². The Labute approximate surface area is 131 Å². The summed E-state index contributed by atoms with van der Waals surface area (Å²) in [4.78, 5) is 2.43. The van der Waals surface area contributed by atoms with Gasteiger partial charge in [0.25, 0.3) is 0 Å². The maximum atomic E-state index is 12.7. The Hall–Kier alpha value is -1.04. The van der Waals surface area contributed by atoms with E-state index >= 15 is 0 Å². The van der Waals surface area contributed by atoms with Crippen molar-refractivity contribution in [3.8, 4) is 0 Å². The molecule has 114 valence electrons. The van der Waals surface area contributed by atoms with Crippen LogP contribution in [0.4, 0.5) is 0 Å². The molecule has 21 heavy (non-hydrogen) atoms. The summed E-state index contributed by atoms with van der Waals surface area (Å²) in [5.41, 5.74) is 1.06. The van der Waals surface area contributed by atoms with Crippen LogP contribution in [-0.2, 0) is 10.0 Å². The molecular weight excluding hydrogens is 308 g/mol. The highest BCUT2D eigenvalue weighted by atomic mass is 35.5. The predicted octanol–water partition coefficient (Wildman–Crippen LogP) is 2.71. The van der Waals surface area contributed by atoms with Gasteiger partial charge in [0.05, 0.1) is 11.6 Å². The fourth-order valence-electron chi connectivity index (χ4n) is 2.84.